The number of halogens is 1. The molecule has 5 heteroatoms. The molecule has 0 aromatic heterocycles. The summed E-state index contributed by atoms with van der Waals surface area (Å²) in [6.45, 7) is 4.67. The lowest BCUT2D eigenvalue weighted by atomic mass is 10.1. The lowest BCUT2D eigenvalue weighted by Gasteiger charge is -2.21. The molecular formula is C13H16ClNO3. The predicted molar refractivity (Wildman–Crippen MR) is 69.3 cm³/mol. The Labute approximate surface area is 111 Å². The summed E-state index contributed by atoms with van der Waals surface area (Å²) in [6, 6.07) is 5.54. The summed E-state index contributed by atoms with van der Waals surface area (Å²) in [5.74, 6) is 1.28. The van der Waals surface area contributed by atoms with Gasteiger partial charge < -0.3 is 14.8 Å². The van der Waals surface area contributed by atoms with E-state index in [4.69, 9.17) is 21.1 Å². The van der Waals surface area contributed by atoms with Crippen LogP contribution < -0.4 is 14.8 Å². The molecule has 1 aliphatic heterocycles. The van der Waals surface area contributed by atoms with Crippen LogP contribution in [-0.2, 0) is 4.79 Å². The van der Waals surface area contributed by atoms with Gasteiger partial charge in [0.1, 0.15) is 18.6 Å². The molecule has 0 radical (unpaired) electrons. The van der Waals surface area contributed by atoms with Crippen LogP contribution in [-0.4, -0.2) is 24.5 Å². The molecule has 0 fully saturated rings. The van der Waals surface area contributed by atoms with Gasteiger partial charge in [-0.1, -0.05) is 6.07 Å². The van der Waals surface area contributed by atoms with Crippen molar-refractivity contribution in [3.8, 4) is 11.5 Å². The summed E-state index contributed by atoms with van der Waals surface area (Å²) in [5.41, 5.74) is 0.963. The van der Waals surface area contributed by atoms with Crippen LogP contribution in [0.3, 0.4) is 0 Å². The van der Waals surface area contributed by atoms with E-state index in [9.17, 15) is 4.79 Å². The Balaban J connectivity index is 2.11. The Bertz CT molecular complexity index is 448. The van der Waals surface area contributed by atoms with E-state index in [0.29, 0.717) is 13.2 Å². The molecule has 0 spiro atoms. The van der Waals surface area contributed by atoms with Gasteiger partial charge in [-0.2, -0.15) is 0 Å². The number of fused-ring (bicyclic) bond motifs is 1. The van der Waals surface area contributed by atoms with Crippen molar-refractivity contribution in [2.75, 3.05) is 13.2 Å². The standard InChI is InChI=1S/C13H16ClNO3/c1-8(14)13(16)15-9(2)10-3-4-11-12(7-10)18-6-5-17-11/h3-4,7-9H,5-6H2,1-2H3,(H,15,16)/t8-,9-/m0/s1. The highest BCUT2D eigenvalue weighted by molar-refractivity contribution is 6.30. The minimum atomic E-state index is -0.537. The minimum absolute atomic E-state index is 0.116. The molecule has 1 aromatic rings. The summed E-state index contributed by atoms with van der Waals surface area (Å²) in [5, 5.41) is 2.30. The highest BCUT2D eigenvalue weighted by Crippen LogP contribution is 2.32. The fourth-order valence-electron chi connectivity index (χ4n) is 1.74. The predicted octanol–water partition coefficient (Wildman–Crippen LogP) is 2.26. The van der Waals surface area contributed by atoms with Crippen LogP contribution in [0.4, 0.5) is 0 Å². The fourth-order valence-corrected chi connectivity index (χ4v) is 1.80. The Morgan fingerprint density at radius 3 is 2.61 bits per heavy atom. The zero-order chi connectivity index (χ0) is 13.1. The van der Waals surface area contributed by atoms with E-state index >= 15 is 0 Å². The molecule has 1 amide bonds. The molecule has 0 saturated heterocycles. The van der Waals surface area contributed by atoms with Gasteiger partial charge in [0.2, 0.25) is 5.91 Å². The summed E-state index contributed by atoms with van der Waals surface area (Å²) in [4.78, 5) is 11.5. The van der Waals surface area contributed by atoms with E-state index < -0.39 is 5.38 Å². The van der Waals surface area contributed by atoms with Crippen LogP contribution in [0.1, 0.15) is 25.5 Å². The summed E-state index contributed by atoms with van der Waals surface area (Å²) < 4.78 is 10.9. The lowest BCUT2D eigenvalue weighted by Crippen LogP contribution is -2.32. The first kappa shape index (κ1) is 13.0. The third-order valence-corrected chi connectivity index (χ3v) is 2.98. The smallest absolute Gasteiger partial charge is 0.238 e. The molecule has 0 aliphatic carbocycles. The molecule has 1 heterocycles. The number of carbonyl (C=O) groups excluding carboxylic acids is 1. The van der Waals surface area contributed by atoms with Crippen molar-refractivity contribution in [3.63, 3.8) is 0 Å². The molecule has 0 bridgehead atoms. The van der Waals surface area contributed by atoms with Gasteiger partial charge in [0.15, 0.2) is 11.5 Å². The van der Waals surface area contributed by atoms with E-state index in [1.807, 2.05) is 25.1 Å². The van der Waals surface area contributed by atoms with Gasteiger partial charge in [-0.15, -0.1) is 11.6 Å². The van der Waals surface area contributed by atoms with Crippen LogP contribution >= 0.6 is 11.6 Å². The Hall–Kier alpha value is -1.42. The third-order valence-electron chi connectivity index (χ3n) is 2.79. The van der Waals surface area contributed by atoms with Crippen molar-refractivity contribution in [1.29, 1.82) is 0 Å². The molecule has 0 unspecified atom stereocenters. The Morgan fingerprint density at radius 2 is 1.94 bits per heavy atom. The number of hydrogen-bond donors (Lipinski definition) is 1. The highest BCUT2D eigenvalue weighted by atomic mass is 35.5. The SMILES string of the molecule is C[C@H](Cl)C(=O)N[C@@H](C)c1ccc2c(c1)OCCO2. The molecule has 0 saturated carbocycles. The summed E-state index contributed by atoms with van der Waals surface area (Å²) in [7, 11) is 0. The first-order valence-corrected chi connectivity index (χ1v) is 6.35. The second-order valence-electron chi connectivity index (χ2n) is 4.25. The monoisotopic (exact) mass is 269 g/mol. The van der Waals surface area contributed by atoms with E-state index in [1.54, 1.807) is 6.92 Å². The van der Waals surface area contributed by atoms with Crippen molar-refractivity contribution < 1.29 is 14.3 Å². The molecule has 2 atom stereocenters. The quantitative estimate of drug-likeness (QED) is 0.857. The van der Waals surface area contributed by atoms with Crippen LogP contribution in [0.5, 0.6) is 11.5 Å². The average Bonchev–Trinajstić information content (AvgIpc) is 2.37. The molecule has 98 valence electrons. The number of benzene rings is 1. The Kier molecular flexibility index (Phi) is 3.97. The van der Waals surface area contributed by atoms with Crippen molar-refractivity contribution in [2.45, 2.75) is 25.3 Å². The molecule has 2 rings (SSSR count). The number of hydrogen-bond acceptors (Lipinski definition) is 3. The van der Waals surface area contributed by atoms with Crippen molar-refractivity contribution in [1.82, 2.24) is 5.32 Å². The largest absolute Gasteiger partial charge is 0.486 e. The minimum Gasteiger partial charge on any atom is -0.486 e. The van der Waals surface area contributed by atoms with Gasteiger partial charge >= 0.3 is 0 Å². The molecule has 1 aliphatic rings. The second kappa shape index (κ2) is 5.48. The number of amides is 1. The number of ether oxygens (including phenoxy) is 2. The van der Waals surface area contributed by atoms with Crippen molar-refractivity contribution >= 4 is 17.5 Å². The normalized spacial score (nSPS) is 16.8. The van der Waals surface area contributed by atoms with Gasteiger partial charge in [0.05, 0.1) is 6.04 Å². The first-order valence-electron chi connectivity index (χ1n) is 5.92. The van der Waals surface area contributed by atoms with E-state index in [2.05, 4.69) is 5.32 Å². The van der Waals surface area contributed by atoms with Crippen molar-refractivity contribution in [3.05, 3.63) is 23.8 Å². The lowest BCUT2D eigenvalue weighted by molar-refractivity contribution is -0.121. The van der Waals surface area contributed by atoms with Crippen LogP contribution in [0, 0.1) is 0 Å². The zero-order valence-electron chi connectivity index (χ0n) is 10.4. The van der Waals surface area contributed by atoms with E-state index in [1.165, 1.54) is 0 Å². The van der Waals surface area contributed by atoms with Crippen LogP contribution in [0.15, 0.2) is 18.2 Å². The van der Waals surface area contributed by atoms with Crippen LogP contribution in [0.2, 0.25) is 0 Å². The second-order valence-corrected chi connectivity index (χ2v) is 4.90. The number of carbonyl (C=O) groups is 1. The van der Waals surface area contributed by atoms with Gasteiger partial charge in [0.25, 0.3) is 0 Å². The molecular weight excluding hydrogens is 254 g/mol. The van der Waals surface area contributed by atoms with Gasteiger partial charge in [0, 0.05) is 0 Å². The number of nitrogens with one attached hydrogen (secondary N) is 1. The van der Waals surface area contributed by atoms with Gasteiger partial charge in [-0.3, -0.25) is 4.79 Å². The fraction of sp³-hybridized carbons (Fsp3) is 0.462. The maximum absolute atomic E-state index is 11.5. The van der Waals surface area contributed by atoms with E-state index in [0.717, 1.165) is 17.1 Å². The number of rotatable bonds is 3. The average molecular weight is 270 g/mol. The maximum atomic E-state index is 11.5. The summed E-state index contributed by atoms with van der Waals surface area (Å²) >= 11 is 5.72. The first-order chi connectivity index (χ1) is 8.58. The molecule has 1 N–H and O–H groups in total. The number of alkyl halides is 1. The van der Waals surface area contributed by atoms with E-state index in [-0.39, 0.29) is 11.9 Å². The van der Waals surface area contributed by atoms with Crippen LogP contribution in [0.25, 0.3) is 0 Å². The van der Waals surface area contributed by atoms with Gasteiger partial charge in [-0.05, 0) is 31.5 Å². The summed E-state index contributed by atoms with van der Waals surface area (Å²) in [6.07, 6.45) is 0. The zero-order valence-corrected chi connectivity index (χ0v) is 11.2. The Morgan fingerprint density at radius 1 is 1.28 bits per heavy atom. The molecule has 1 aromatic carbocycles. The topological polar surface area (TPSA) is 47.6 Å². The van der Waals surface area contributed by atoms with Gasteiger partial charge in [-0.25, -0.2) is 0 Å². The molecule has 18 heavy (non-hydrogen) atoms. The van der Waals surface area contributed by atoms with Crippen molar-refractivity contribution in [2.24, 2.45) is 0 Å². The molecule has 4 nitrogen and oxygen atoms in total. The maximum Gasteiger partial charge on any atom is 0.238 e. The third kappa shape index (κ3) is 2.88. The highest BCUT2D eigenvalue weighted by Gasteiger charge is 2.17.